The van der Waals surface area contributed by atoms with E-state index < -0.39 is 23.7 Å². The standard InChI is InChI=1S/C32H28F3N3O2/c1-20(2)19-37(30(39)24-11-8-12-25(17-24)32(33,34)35)21(3)29-36-28-14-7-6-13-27(28)31(40)38(29)26-16-15-22-9-4-5-10-23(22)18-26/h4-18,20-21H,19H2,1-3H3. The minimum Gasteiger partial charge on any atom is -0.328 e. The number of nitrogens with zero attached hydrogens (tertiary/aromatic N) is 3. The van der Waals surface area contributed by atoms with Gasteiger partial charge >= 0.3 is 6.18 Å². The van der Waals surface area contributed by atoms with Gasteiger partial charge in [-0.25, -0.2) is 4.98 Å². The van der Waals surface area contributed by atoms with Crippen LogP contribution in [0.25, 0.3) is 27.4 Å². The molecule has 0 aliphatic carbocycles. The van der Waals surface area contributed by atoms with Gasteiger partial charge in [0.05, 0.1) is 28.2 Å². The number of amides is 1. The SMILES string of the molecule is CC(C)CN(C(=O)c1cccc(C(F)(F)F)c1)C(C)c1nc2ccccc2c(=O)n1-c1ccc2ccccc2c1. The lowest BCUT2D eigenvalue weighted by atomic mass is 10.1. The number of hydrogen-bond acceptors (Lipinski definition) is 3. The van der Waals surface area contributed by atoms with Gasteiger partial charge in [0.25, 0.3) is 11.5 Å². The summed E-state index contributed by atoms with van der Waals surface area (Å²) in [7, 11) is 0. The Hall–Kier alpha value is -4.46. The lowest BCUT2D eigenvalue weighted by Gasteiger charge is -2.32. The molecule has 0 aliphatic heterocycles. The largest absolute Gasteiger partial charge is 0.416 e. The quantitative estimate of drug-likeness (QED) is 0.224. The molecule has 1 atom stereocenters. The Bertz CT molecular complexity index is 1780. The Morgan fingerprint density at radius 3 is 2.30 bits per heavy atom. The molecule has 1 unspecified atom stereocenters. The molecule has 5 nitrogen and oxygen atoms in total. The summed E-state index contributed by atoms with van der Waals surface area (Å²) in [6.07, 6.45) is -4.58. The molecule has 1 amide bonds. The van der Waals surface area contributed by atoms with E-state index in [9.17, 15) is 22.8 Å². The van der Waals surface area contributed by atoms with Gasteiger partial charge in [-0.3, -0.25) is 14.2 Å². The average Bonchev–Trinajstić information content (AvgIpc) is 2.94. The Morgan fingerprint density at radius 1 is 0.875 bits per heavy atom. The highest BCUT2D eigenvalue weighted by molar-refractivity contribution is 5.94. The second kappa shape index (κ2) is 10.6. The monoisotopic (exact) mass is 543 g/mol. The Balaban J connectivity index is 1.69. The molecule has 0 spiro atoms. The first-order chi connectivity index (χ1) is 19.0. The minimum absolute atomic E-state index is 0.00139. The zero-order chi connectivity index (χ0) is 28.6. The molecule has 0 radical (unpaired) electrons. The first kappa shape index (κ1) is 27.1. The van der Waals surface area contributed by atoms with Crippen molar-refractivity contribution < 1.29 is 18.0 Å². The third kappa shape index (κ3) is 5.21. The zero-order valence-electron chi connectivity index (χ0n) is 22.3. The first-order valence-electron chi connectivity index (χ1n) is 13.0. The third-order valence-electron chi connectivity index (χ3n) is 6.89. The van der Waals surface area contributed by atoms with Crippen LogP contribution in [0.15, 0.2) is 95.8 Å². The maximum Gasteiger partial charge on any atom is 0.416 e. The van der Waals surface area contributed by atoms with Gasteiger partial charge in [-0.05, 0) is 66.1 Å². The molecule has 5 aromatic rings. The van der Waals surface area contributed by atoms with Crippen LogP contribution in [0.3, 0.4) is 0 Å². The zero-order valence-corrected chi connectivity index (χ0v) is 22.3. The Kier molecular flexibility index (Phi) is 7.19. The molecular formula is C32H28F3N3O2. The van der Waals surface area contributed by atoms with Gasteiger partial charge in [0, 0.05) is 12.1 Å². The van der Waals surface area contributed by atoms with Crippen molar-refractivity contribution in [3.8, 4) is 5.69 Å². The number of carbonyl (C=O) groups is 1. The summed E-state index contributed by atoms with van der Waals surface area (Å²) in [6, 6.07) is 24.1. The van der Waals surface area contributed by atoms with Gasteiger partial charge in [-0.1, -0.05) is 62.4 Å². The first-order valence-corrected chi connectivity index (χ1v) is 13.0. The van der Waals surface area contributed by atoms with Crippen LogP contribution in [-0.2, 0) is 6.18 Å². The van der Waals surface area contributed by atoms with Crippen LogP contribution in [-0.4, -0.2) is 26.9 Å². The lowest BCUT2D eigenvalue weighted by Crippen LogP contribution is -2.39. The normalized spacial score (nSPS) is 12.7. The van der Waals surface area contributed by atoms with Crippen LogP contribution >= 0.6 is 0 Å². The minimum atomic E-state index is -4.58. The van der Waals surface area contributed by atoms with Gasteiger partial charge in [0.2, 0.25) is 0 Å². The molecule has 0 aliphatic rings. The van der Waals surface area contributed by atoms with E-state index in [2.05, 4.69) is 0 Å². The predicted molar refractivity (Wildman–Crippen MR) is 151 cm³/mol. The summed E-state index contributed by atoms with van der Waals surface area (Å²) < 4.78 is 41.8. The van der Waals surface area contributed by atoms with Crippen molar-refractivity contribution in [1.29, 1.82) is 0 Å². The molecule has 0 bridgehead atoms. The van der Waals surface area contributed by atoms with E-state index in [1.54, 1.807) is 31.2 Å². The van der Waals surface area contributed by atoms with Gasteiger partial charge in [0.1, 0.15) is 5.82 Å². The molecule has 8 heteroatoms. The van der Waals surface area contributed by atoms with E-state index in [-0.39, 0.29) is 23.6 Å². The van der Waals surface area contributed by atoms with E-state index in [0.717, 1.165) is 22.9 Å². The molecule has 5 rings (SSSR count). The Labute approximate surface area is 229 Å². The molecular weight excluding hydrogens is 515 g/mol. The molecule has 0 fully saturated rings. The molecule has 0 N–H and O–H groups in total. The van der Waals surface area contributed by atoms with E-state index in [4.69, 9.17) is 4.98 Å². The second-order valence-electron chi connectivity index (χ2n) is 10.3. The fourth-order valence-electron chi connectivity index (χ4n) is 4.94. The molecule has 204 valence electrons. The van der Waals surface area contributed by atoms with Crippen molar-refractivity contribution in [3.05, 3.63) is 118 Å². The average molecular weight is 544 g/mol. The lowest BCUT2D eigenvalue weighted by molar-refractivity contribution is -0.137. The number of aromatic nitrogens is 2. The number of fused-ring (bicyclic) bond motifs is 2. The summed E-state index contributed by atoms with van der Waals surface area (Å²) >= 11 is 0. The van der Waals surface area contributed by atoms with Crippen molar-refractivity contribution in [2.75, 3.05) is 6.54 Å². The van der Waals surface area contributed by atoms with E-state index in [1.165, 1.54) is 21.6 Å². The van der Waals surface area contributed by atoms with Crippen LogP contribution in [0, 0.1) is 5.92 Å². The molecule has 0 saturated carbocycles. The summed E-state index contributed by atoms with van der Waals surface area (Å²) in [5.74, 6) is -0.252. The number of alkyl halides is 3. The van der Waals surface area contributed by atoms with Crippen LogP contribution < -0.4 is 5.56 Å². The predicted octanol–water partition coefficient (Wildman–Crippen LogP) is 7.42. The second-order valence-corrected chi connectivity index (χ2v) is 10.3. The van der Waals surface area contributed by atoms with Crippen molar-refractivity contribution >= 4 is 27.6 Å². The van der Waals surface area contributed by atoms with Crippen molar-refractivity contribution in [1.82, 2.24) is 14.5 Å². The third-order valence-corrected chi connectivity index (χ3v) is 6.89. The number of halogens is 3. The number of rotatable bonds is 6. The van der Waals surface area contributed by atoms with Crippen LogP contribution in [0.4, 0.5) is 13.2 Å². The number of hydrogen-bond donors (Lipinski definition) is 0. The maximum absolute atomic E-state index is 13.9. The summed E-state index contributed by atoms with van der Waals surface area (Å²) in [5.41, 5.74) is -0.212. The van der Waals surface area contributed by atoms with Gasteiger partial charge in [-0.2, -0.15) is 13.2 Å². The Morgan fingerprint density at radius 2 is 1.57 bits per heavy atom. The number of para-hydroxylation sites is 1. The molecule has 0 saturated heterocycles. The summed E-state index contributed by atoms with van der Waals surface area (Å²) in [6.45, 7) is 5.84. The molecule has 1 heterocycles. The van der Waals surface area contributed by atoms with Crippen molar-refractivity contribution in [2.45, 2.75) is 33.0 Å². The molecule has 4 aromatic carbocycles. The number of benzene rings is 4. The van der Waals surface area contributed by atoms with Gasteiger partial charge in [-0.15, -0.1) is 0 Å². The topological polar surface area (TPSA) is 55.2 Å². The maximum atomic E-state index is 13.9. The van der Waals surface area contributed by atoms with Gasteiger partial charge in [0.15, 0.2) is 0 Å². The summed E-state index contributed by atoms with van der Waals surface area (Å²) in [4.78, 5) is 34.1. The van der Waals surface area contributed by atoms with E-state index >= 15 is 0 Å². The highest BCUT2D eigenvalue weighted by atomic mass is 19.4. The van der Waals surface area contributed by atoms with Crippen LogP contribution in [0.5, 0.6) is 0 Å². The van der Waals surface area contributed by atoms with E-state index in [0.29, 0.717) is 22.4 Å². The molecule has 40 heavy (non-hydrogen) atoms. The van der Waals surface area contributed by atoms with Crippen LogP contribution in [0.2, 0.25) is 0 Å². The fourth-order valence-corrected chi connectivity index (χ4v) is 4.94. The highest BCUT2D eigenvalue weighted by Crippen LogP contribution is 2.31. The molecule has 1 aromatic heterocycles. The fraction of sp³-hybridized carbons (Fsp3) is 0.219. The highest BCUT2D eigenvalue weighted by Gasteiger charge is 2.33. The van der Waals surface area contributed by atoms with E-state index in [1.807, 2.05) is 56.3 Å². The smallest absolute Gasteiger partial charge is 0.328 e. The van der Waals surface area contributed by atoms with Crippen molar-refractivity contribution in [3.63, 3.8) is 0 Å². The summed E-state index contributed by atoms with van der Waals surface area (Å²) in [5, 5.41) is 2.35. The van der Waals surface area contributed by atoms with Crippen molar-refractivity contribution in [2.24, 2.45) is 5.92 Å². The van der Waals surface area contributed by atoms with Gasteiger partial charge < -0.3 is 4.90 Å². The number of carbonyl (C=O) groups excluding carboxylic acids is 1. The van der Waals surface area contributed by atoms with Crippen LogP contribution in [0.1, 0.15) is 48.6 Å².